The summed E-state index contributed by atoms with van der Waals surface area (Å²) in [5.74, 6) is 0.794. The third-order valence-electron chi connectivity index (χ3n) is 9.06. The fourth-order valence-corrected chi connectivity index (χ4v) is 7.97. The van der Waals surface area contributed by atoms with E-state index >= 15 is 0 Å². The second-order valence-electron chi connectivity index (χ2n) is 11.7. The van der Waals surface area contributed by atoms with E-state index in [9.17, 15) is 0 Å². The Balaban J connectivity index is 1.58. The molecule has 38 heavy (non-hydrogen) atoms. The second kappa shape index (κ2) is 16.9. The number of ether oxygens (including phenoxy) is 4. The zero-order chi connectivity index (χ0) is 27.7. The molecule has 3 saturated heterocycles. The summed E-state index contributed by atoms with van der Waals surface area (Å²) in [6.07, 6.45) is 13.8. The van der Waals surface area contributed by atoms with Crippen molar-refractivity contribution in [2.75, 3.05) is 13.3 Å². The van der Waals surface area contributed by atoms with Crippen molar-refractivity contribution in [1.82, 2.24) is 0 Å². The van der Waals surface area contributed by atoms with Gasteiger partial charge in [-0.05, 0) is 68.2 Å². The molecule has 0 N–H and O–H groups in total. The fourth-order valence-electron chi connectivity index (χ4n) is 6.73. The van der Waals surface area contributed by atoms with Crippen molar-refractivity contribution >= 4 is 26.7 Å². The van der Waals surface area contributed by atoms with Crippen LogP contribution < -0.4 is 0 Å². The first-order valence-electron chi connectivity index (χ1n) is 15.0. The molecular formula is C30H55O5P3. The highest BCUT2D eigenvalue weighted by Gasteiger charge is 2.46. The third kappa shape index (κ3) is 9.03. The normalized spacial score (nSPS) is 37.1. The molecule has 0 aliphatic carbocycles. The maximum Gasteiger partial charge on any atom is 0.0886 e. The van der Waals surface area contributed by atoms with Crippen LogP contribution in [-0.2, 0) is 23.5 Å². The van der Waals surface area contributed by atoms with Crippen LogP contribution in [0.15, 0.2) is 24.3 Å². The molecule has 8 heteroatoms. The van der Waals surface area contributed by atoms with E-state index in [1.54, 1.807) is 0 Å². The lowest BCUT2D eigenvalue weighted by atomic mass is 9.82. The maximum atomic E-state index is 6.74. The minimum absolute atomic E-state index is 0.0242. The number of methoxy groups -OCH3 is 1. The van der Waals surface area contributed by atoms with Crippen molar-refractivity contribution in [1.29, 1.82) is 0 Å². The van der Waals surface area contributed by atoms with Gasteiger partial charge in [0.1, 0.15) is 0 Å². The lowest BCUT2D eigenvalue weighted by Gasteiger charge is -2.38. The molecule has 3 aliphatic heterocycles. The van der Waals surface area contributed by atoms with Crippen LogP contribution in [-0.4, -0.2) is 62.1 Å². The van der Waals surface area contributed by atoms with Crippen LogP contribution in [0.25, 0.3) is 0 Å². The van der Waals surface area contributed by atoms with E-state index in [0.717, 1.165) is 72.2 Å². The molecule has 220 valence electrons. The monoisotopic (exact) mass is 588 g/mol. The minimum atomic E-state index is 0.0242. The van der Waals surface area contributed by atoms with Gasteiger partial charge in [0.2, 0.25) is 0 Å². The highest BCUT2D eigenvalue weighted by molar-refractivity contribution is 8.02. The van der Waals surface area contributed by atoms with Crippen LogP contribution in [0.5, 0.6) is 0 Å². The Labute approximate surface area is 239 Å². The lowest BCUT2D eigenvalue weighted by molar-refractivity contribution is -0.0769. The summed E-state index contributed by atoms with van der Waals surface area (Å²) in [5.41, 5.74) is 2.48. The van der Waals surface area contributed by atoms with E-state index in [-0.39, 0.29) is 42.7 Å². The largest absolute Gasteiger partial charge is 0.378 e. The van der Waals surface area contributed by atoms with Crippen molar-refractivity contribution in [3.8, 4) is 0 Å². The summed E-state index contributed by atoms with van der Waals surface area (Å²) >= 11 is 0. The summed E-state index contributed by atoms with van der Waals surface area (Å²) in [6.45, 7) is 15.6. The van der Waals surface area contributed by atoms with Crippen molar-refractivity contribution in [3.05, 3.63) is 24.3 Å². The highest BCUT2D eigenvalue weighted by atomic mass is 32.0. The maximum absolute atomic E-state index is 6.74. The molecule has 0 radical (unpaired) electrons. The molecule has 5 unspecified atom stereocenters. The molecule has 3 fully saturated rings. The Morgan fingerprint density at radius 1 is 1.05 bits per heavy atom. The molecule has 0 bridgehead atoms. The predicted octanol–water partition coefficient (Wildman–Crippen LogP) is 7.64. The van der Waals surface area contributed by atoms with E-state index in [4.69, 9.17) is 23.5 Å². The molecular weight excluding hydrogens is 533 g/mol. The Hall–Kier alpha value is 0.570. The van der Waals surface area contributed by atoms with Gasteiger partial charge in [0, 0.05) is 35.3 Å². The van der Waals surface area contributed by atoms with Crippen LogP contribution in [0.3, 0.4) is 0 Å². The lowest BCUT2D eigenvalue weighted by Crippen LogP contribution is -2.38. The van der Waals surface area contributed by atoms with Crippen molar-refractivity contribution in [2.45, 2.75) is 140 Å². The summed E-state index contributed by atoms with van der Waals surface area (Å²) in [7, 11) is 7.98. The van der Waals surface area contributed by atoms with Gasteiger partial charge in [-0.3, -0.25) is 0 Å². The van der Waals surface area contributed by atoms with Gasteiger partial charge in [-0.15, -0.1) is 17.2 Å². The summed E-state index contributed by atoms with van der Waals surface area (Å²) in [6, 6.07) is 0. The van der Waals surface area contributed by atoms with Gasteiger partial charge in [0.05, 0.1) is 48.8 Å². The molecule has 0 aromatic heterocycles. The molecule has 0 aromatic carbocycles. The Morgan fingerprint density at radius 3 is 2.47 bits per heavy atom. The highest BCUT2D eigenvalue weighted by Crippen LogP contribution is 2.41. The molecule has 0 spiro atoms. The summed E-state index contributed by atoms with van der Waals surface area (Å²) in [5, 5.41) is 0. The summed E-state index contributed by atoms with van der Waals surface area (Å²) in [4.78, 5) is 0. The van der Waals surface area contributed by atoms with Gasteiger partial charge in [0.15, 0.2) is 0 Å². The molecule has 13 atom stereocenters. The van der Waals surface area contributed by atoms with Gasteiger partial charge >= 0.3 is 0 Å². The topological polar surface area (TPSA) is 46.2 Å². The third-order valence-corrected chi connectivity index (χ3v) is 10.9. The summed E-state index contributed by atoms with van der Waals surface area (Å²) < 4.78 is 31.6. The van der Waals surface area contributed by atoms with E-state index in [1.807, 2.05) is 7.11 Å². The van der Waals surface area contributed by atoms with Crippen molar-refractivity contribution < 1.29 is 23.5 Å². The standard InChI is InChI=1S/C30H55O5P3/c1-7-9-10-22-16-20(4)26(32-22)12-11-23-15-19(3)21(5)27(33-23)18-28-25(8-2)30(31-6)29(34-28)17-24(35-36)13-14-38-37/h19,22-30,38H,4-5,7-18,36-37H2,1-3,6H3/t19-,22+,23+,24-,25+,26?,27-,28?,29-,30-/m1/s1. The molecule has 3 rings (SSSR count). The molecule has 0 aromatic rings. The second-order valence-corrected chi connectivity index (χ2v) is 14.1. The quantitative estimate of drug-likeness (QED) is 0.137. The van der Waals surface area contributed by atoms with E-state index < -0.39 is 0 Å². The van der Waals surface area contributed by atoms with Crippen LogP contribution >= 0.6 is 26.7 Å². The molecule has 3 aliphatic rings. The molecule has 0 saturated carbocycles. The van der Waals surface area contributed by atoms with Gasteiger partial charge in [0.25, 0.3) is 0 Å². The number of hydrogen-bond donors (Lipinski definition) is 0. The molecule has 0 amide bonds. The van der Waals surface area contributed by atoms with Gasteiger partial charge in [-0.25, -0.2) is 0 Å². The molecule has 5 nitrogen and oxygen atoms in total. The Bertz CT molecular complexity index is 737. The Kier molecular flexibility index (Phi) is 14.7. The Morgan fingerprint density at radius 2 is 1.82 bits per heavy atom. The minimum Gasteiger partial charge on any atom is -0.378 e. The van der Waals surface area contributed by atoms with Gasteiger partial charge < -0.3 is 23.5 Å². The number of hydrogen-bond acceptors (Lipinski definition) is 5. The average Bonchev–Trinajstić information content (AvgIpc) is 3.44. The first kappa shape index (κ1) is 33.1. The SMILES string of the molecule is C=C1C[C@H](CCCC)OC1CC[C@H]1C[C@@H](C)C(=C)[C@@H](CC2O[C@H](C[C@@H](CCPP)OP)[C@H](OC)[C@H]2CC)O1. The van der Waals surface area contributed by atoms with E-state index in [1.165, 1.54) is 24.0 Å². The van der Waals surface area contributed by atoms with Gasteiger partial charge in [-0.2, -0.15) is 0 Å². The number of rotatable bonds is 16. The average molecular weight is 589 g/mol. The van der Waals surface area contributed by atoms with Crippen LogP contribution in [0.1, 0.15) is 91.4 Å². The smallest absolute Gasteiger partial charge is 0.0886 e. The van der Waals surface area contributed by atoms with E-state index in [2.05, 4.69) is 52.3 Å². The predicted molar refractivity (Wildman–Crippen MR) is 167 cm³/mol. The van der Waals surface area contributed by atoms with E-state index in [0.29, 0.717) is 17.9 Å². The van der Waals surface area contributed by atoms with Crippen molar-refractivity contribution in [2.24, 2.45) is 11.8 Å². The van der Waals surface area contributed by atoms with Gasteiger partial charge in [-0.1, -0.05) is 46.8 Å². The van der Waals surface area contributed by atoms with Crippen LogP contribution in [0.4, 0.5) is 0 Å². The van der Waals surface area contributed by atoms with Crippen molar-refractivity contribution in [3.63, 3.8) is 0 Å². The first-order chi connectivity index (χ1) is 18.3. The zero-order valence-corrected chi connectivity index (χ0v) is 27.7. The number of unbranched alkanes of at least 4 members (excludes halogenated alkanes) is 1. The molecule has 3 heterocycles. The zero-order valence-electron chi connectivity index (χ0n) is 24.4. The van der Waals surface area contributed by atoms with Crippen LogP contribution in [0.2, 0.25) is 0 Å². The van der Waals surface area contributed by atoms with Crippen LogP contribution in [0, 0.1) is 11.8 Å². The first-order valence-corrected chi connectivity index (χ1v) is 18.5. The fraction of sp³-hybridized carbons (Fsp3) is 0.867.